The summed E-state index contributed by atoms with van der Waals surface area (Å²) < 4.78 is 0. The van der Waals surface area contributed by atoms with E-state index in [1.807, 2.05) is 0 Å². The number of nitrogens with zero attached hydrogens (tertiary/aromatic N) is 2. The van der Waals surface area contributed by atoms with Crippen molar-refractivity contribution in [2.75, 3.05) is 6.54 Å². The molecule has 0 bridgehead atoms. The second-order valence-electron chi connectivity index (χ2n) is 18.0. The number of phenols is 1. The van der Waals surface area contributed by atoms with E-state index in [-0.39, 0.29) is 37.9 Å². The number of amides is 10. The number of aliphatic hydroxyl groups is 3. The maximum atomic E-state index is 14.1. The molecule has 3 rings (SSSR count). The predicted octanol–water partition coefficient (Wildman–Crippen LogP) is -7.28. The van der Waals surface area contributed by atoms with Crippen molar-refractivity contribution in [3.63, 3.8) is 0 Å². The molecule has 20 N–H and O–H groups in total. The van der Waals surface area contributed by atoms with Crippen LogP contribution in [0, 0.1) is 0 Å². The molecule has 77 heavy (non-hydrogen) atoms. The number of rotatable bonds is 31. The zero-order chi connectivity index (χ0) is 57.7. The number of carboxylic acid groups (broad SMARTS) is 1. The smallest absolute Gasteiger partial charge is 0.328 e. The lowest BCUT2D eigenvalue weighted by atomic mass is 10.0. The van der Waals surface area contributed by atoms with Crippen LogP contribution in [0.3, 0.4) is 0 Å². The van der Waals surface area contributed by atoms with Crippen molar-refractivity contribution in [3.8, 4) is 5.75 Å². The molecule has 2 heterocycles. The van der Waals surface area contributed by atoms with Crippen LogP contribution in [0.2, 0.25) is 0 Å². The van der Waals surface area contributed by atoms with Gasteiger partial charge in [-0.1, -0.05) is 12.1 Å². The number of carbonyl (C=O) groups is 11. The second-order valence-corrected chi connectivity index (χ2v) is 18.0. The van der Waals surface area contributed by atoms with Crippen molar-refractivity contribution in [2.24, 2.45) is 11.5 Å². The van der Waals surface area contributed by atoms with Crippen LogP contribution in [0.5, 0.6) is 5.75 Å². The highest BCUT2D eigenvalue weighted by Gasteiger charge is 2.36. The van der Waals surface area contributed by atoms with E-state index in [0.29, 0.717) is 17.0 Å². The number of aromatic amines is 2. The van der Waals surface area contributed by atoms with E-state index in [0.717, 1.165) is 20.8 Å². The van der Waals surface area contributed by atoms with Gasteiger partial charge in [0.2, 0.25) is 59.1 Å². The highest BCUT2D eigenvalue weighted by Crippen LogP contribution is 2.13. The topological polar surface area (TPSA) is 507 Å². The Morgan fingerprint density at radius 2 is 0.974 bits per heavy atom. The molecule has 422 valence electrons. The predicted molar refractivity (Wildman–Crippen MR) is 265 cm³/mol. The molecule has 31 nitrogen and oxygen atoms in total. The lowest BCUT2D eigenvalue weighted by molar-refractivity contribution is -0.145. The van der Waals surface area contributed by atoms with Crippen LogP contribution in [-0.2, 0) is 72.0 Å². The Morgan fingerprint density at radius 1 is 0.545 bits per heavy atom. The fourth-order valence-electron chi connectivity index (χ4n) is 6.99. The lowest BCUT2D eigenvalue weighted by Crippen LogP contribution is -2.62. The van der Waals surface area contributed by atoms with Crippen molar-refractivity contribution >= 4 is 65.0 Å². The maximum Gasteiger partial charge on any atom is 0.328 e. The molecule has 0 saturated heterocycles. The van der Waals surface area contributed by atoms with Crippen LogP contribution in [-0.4, -0.2) is 190 Å². The Kier molecular flexibility index (Phi) is 24.5. The first-order valence-electron chi connectivity index (χ1n) is 23.9. The summed E-state index contributed by atoms with van der Waals surface area (Å²) >= 11 is 0. The number of carbonyl (C=O) groups excluding carboxylic acids is 10. The third-order valence-corrected chi connectivity index (χ3v) is 11.4. The number of H-pyrrole nitrogens is 2. The molecule has 0 aliphatic rings. The quantitative estimate of drug-likeness (QED) is 0.0285. The Hall–Kier alpha value is -8.55. The molecule has 1 aromatic carbocycles. The number of primary amides is 1. The number of nitrogens with one attached hydrogen (secondary N) is 11. The fraction of sp³-hybridized carbons (Fsp3) is 0.500. The Morgan fingerprint density at radius 3 is 1.44 bits per heavy atom. The summed E-state index contributed by atoms with van der Waals surface area (Å²) in [6, 6.07) is -8.36. The number of nitrogens with two attached hydrogens (primary N) is 2. The molecule has 0 saturated carbocycles. The summed E-state index contributed by atoms with van der Waals surface area (Å²) in [6.07, 6.45) is -0.609. The van der Waals surface area contributed by atoms with Gasteiger partial charge in [-0.3, -0.25) is 47.9 Å². The fourth-order valence-corrected chi connectivity index (χ4v) is 6.99. The molecule has 0 fully saturated rings. The van der Waals surface area contributed by atoms with Crippen molar-refractivity contribution in [2.45, 2.75) is 139 Å². The minimum atomic E-state index is -1.81. The van der Waals surface area contributed by atoms with E-state index < -0.39 is 144 Å². The molecular weight excluding hydrogens is 1020 g/mol. The van der Waals surface area contributed by atoms with Gasteiger partial charge in [-0.2, -0.15) is 0 Å². The molecule has 0 aliphatic carbocycles. The van der Waals surface area contributed by atoms with Gasteiger partial charge < -0.3 is 94.8 Å². The van der Waals surface area contributed by atoms with E-state index in [9.17, 15) is 78.3 Å². The summed E-state index contributed by atoms with van der Waals surface area (Å²) in [7, 11) is 0. The summed E-state index contributed by atoms with van der Waals surface area (Å²) in [5.74, 6) is -11.4. The van der Waals surface area contributed by atoms with Gasteiger partial charge in [-0.15, -0.1) is 0 Å². The maximum absolute atomic E-state index is 14.1. The Balaban J connectivity index is 1.76. The van der Waals surface area contributed by atoms with Gasteiger partial charge >= 0.3 is 5.97 Å². The summed E-state index contributed by atoms with van der Waals surface area (Å²) in [6.45, 7) is 5.00. The van der Waals surface area contributed by atoms with E-state index in [1.54, 1.807) is 0 Å². The summed E-state index contributed by atoms with van der Waals surface area (Å²) in [5.41, 5.74) is 12.2. The Labute approximate surface area is 439 Å². The van der Waals surface area contributed by atoms with Crippen LogP contribution < -0.4 is 59.3 Å². The standard InChI is InChI=1S/C46H67N15O16/c1-20(39(69)61-37(24(5)64)46(76)77)54-34(67)17-51-44(74)35(22(3)62)59-43(73)32(14-27-16-50-19-53-27)56-38(68)21(2)55-45(75)36(23(4)63)60-42(72)30(12-25-6-8-28(65)9-7-25)58-41(71)31(13-26-15-49-18-52-26)57-40(70)29(47)10-11-33(48)66/h6-9,15-16,18-24,29-32,35-37,62-65H,10-14,17,47H2,1-5H3,(H2,48,66)(H,49,52)(H,50,53)(H,51,74)(H,54,67)(H,55,75)(H,56,68)(H,57,70)(H,58,71)(H,59,73)(H,60,72)(H,61,69)(H,76,77)/t20-,21-,22+,23+,24+,29-,30-,31-,32-,35-,36-,37-/m0/s1. The van der Waals surface area contributed by atoms with Crippen molar-refractivity contribution in [1.82, 2.24) is 67.8 Å². The average Bonchev–Trinajstić information content (AvgIpc) is 4.09. The molecule has 10 amide bonds. The molecule has 31 heteroatoms. The van der Waals surface area contributed by atoms with Crippen molar-refractivity contribution < 1.29 is 78.3 Å². The molecule has 0 aliphatic heterocycles. The first-order chi connectivity index (χ1) is 36.2. The number of hydrogen-bond acceptors (Lipinski definition) is 18. The van der Waals surface area contributed by atoms with Gasteiger partial charge in [-0.25, -0.2) is 14.8 Å². The monoisotopic (exact) mass is 1090 g/mol. The van der Waals surface area contributed by atoms with Crippen LogP contribution in [0.1, 0.15) is 64.4 Å². The lowest BCUT2D eigenvalue weighted by Gasteiger charge is -2.28. The number of aromatic nitrogens is 4. The first kappa shape index (κ1) is 62.7. The van der Waals surface area contributed by atoms with E-state index in [2.05, 4.69) is 67.8 Å². The minimum absolute atomic E-state index is 0.120. The number of benzene rings is 1. The molecular formula is C46H67N15O16. The largest absolute Gasteiger partial charge is 0.508 e. The van der Waals surface area contributed by atoms with Crippen LogP contribution >= 0.6 is 0 Å². The first-order valence-corrected chi connectivity index (χ1v) is 23.9. The number of aromatic hydroxyl groups is 1. The SMILES string of the molecule is C[C@H](NC(=O)CNC(=O)[C@@H](NC(=O)[C@H](Cc1cnc[nH]1)NC(=O)[C@H](C)NC(=O)[C@@H](NC(=O)[C@H](Cc1ccc(O)cc1)NC(=O)[C@H](Cc1cnc[nH]1)NC(=O)[C@@H](N)CCC(N)=O)[C@@H](C)O)[C@@H](C)O)C(=O)N[C@H](C(=O)O)[C@@H](C)O. The van der Waals surface area contributed by atoms with Crippen molar-refractivity contribution in [3.05, 3.63) is 66.3 Å². The normalized spacial score (nSPS) is 15.8. The number of carboxylic acids is 1. The van der Waals surface area contributed by atoms with Crippen molar-refractivity contribution in [1.29, 1.82) is 0 Å². The number of aliphatic hydroxyl groups excluding tert-OH is 3. The van der Waals surface area contributed by atoms with E-state index in [1.165, 1.54) is 63.2 Å². The van der Waals surface area contributed by atoms with Crippen LogP contribution in [0.15, 0.2) is 49.3 Å². The van der Waals surface area contributed by atoms with E-state index in [4.69, 9.17) is 11.5 Å². The van der Waals surface area contributed by atoms with Gasteiger partial charge in [0.05, 0.1) is 43.6 Å². The zero-order valence-electron chi connectivity index (χ0n) is 42.6. The average molecular weight is 1090 g/mol. The highest BCUT2D eigenvalue weighted by molar-refractivity contribution is 5.98. The number of aliphatic carboxylic acids is 1. The number of imidazole rings is 2. The molecule has 0 radical (unpaired) electrons. The zero-order valence-corrected chi connectivity index (χ0v) is 42.6. The van der Waals surface area contributed by atoms with Gasteiger partial charge in [0.25, 0.3) is 0 Å². The number of hydrogen-bond donors (Lipinski definition) is 18. The van der Waals surface area contributed by atoms with Gasteiger partial charge in [-0.05, 0) is 58.7 Å². The van der Waals surface area contributed by atoms with Gasteiger partial charge in [0.15, 0.2) is 6.04 Å². The summed E-state index contributed by atoms with van der Waals surface area (Å²) in [5, 5.41) is 71.0. The highest BCUT2D eigenvalue weighted by atomic mass is 16.4. The molecule has 2 aromatic heterocycles. The molecule has 12 atom stereocenters. The van der Waals surface area contributed by atoms with Gasteiger partial charge in [0.1, 0.15) is 48.0 Å². The van der Waals surface area contributed by atoms with Crippen LogP contribution in [0.4, 0.5) is 0 Å². The van der Waals surface area contributed by atoms with Crippen LogP contribution in [0.25, 0.3) is 0 Å². The third-order valence-electron chi connectivity index (χ3n) is 11.4. The minimum Gasteiger partial charge on any atom is -0.508 e. The molecule has 0 unspecified atom stereocenters. The summed E-state index contributed by atoms with van der Waals surface area (Å²) in [4.78, 5) is 157. The van der Waals surface area contributed by atoms with E-state index >= 15 is 0 Å². The molecule has 3 aromatic rings. The molecule has 0 spiro atoms. The second kappa shape index (κ2) is 30.1. The van der Waals surface area contributed by atoms with Gasteiger partial charge in [0, 0.05) is 49.5 Å². The third kappa shape index (κ3) is 20.9. The number of phenolic OH excluding ortho intramolecular Hbond substituents is 1. The Bertz CT molecular complexity index is 2510.